The van der Waals surface area contributed by atoms with Gasteiger partial charge < -0.3 is 4.90 Å². The van der Waals surface area contributed by atoms with Crippen molar-refractivity contribution in [3.8, 4) is 33.4 Å². The molecule has 1 nitrogen and oxygen atoms in total. The van der Waals surface area contributed by atoms with Crippen LogP contribution in [-0.2, 0) is 5.41 Å². The Bertz CT molecular complexity index is 3370. The Balaban J connectivity index is 1.04. The third-order valence-electron chi connectivity index (χ3n) is 12.8. The third kappa shape index (κ3) is 5.53. The third-order valence-corrected chi connectivity index (χ3v) is 13.9. The van der Waals surface area contributed by atoms with E-state index in [0.29, 0.717) is 0 Å². The molecule has 0 atom stereocenters. The van der Waals surface area contributed by atoms with Gasteiger partial charge in [-0.3, -0.25) is 0 Å². The molecule has 12 rings (SSSR count). The molecule has 0 N–H and O–H groups in total. The van der Waals surface area contributed by atoms with Crippen LogP contribution >= 0.6 is 11.3 Å². The van der Waals surface area contributed by atoms with Gasteiger partial charge in [-0.05, 0) is 91.9 Å². The van der Waals surface area contributed by atoms with Gasteiger partial charge in [-0.25, -0.2) is 0 Å². The zero-order valence-electron chi connectivity index (χ0n) is 33.4. The molecule has 286 valence electrons. The van der Waals surface area contributed by atoms with Crippen LogP contribution in [-0.4, -0.2) is 0 Å². The quantitative estimate of drug-likeness (QED) is 0.155. The highest BCUT2D eigenvalue weighted by Gasteiger charge is 2.46. The van der Waals surface area contributed by atoms with Gasteiger partial charge in [0.15, 0.2) is 0 Å². The number of anilines is 3. The maximum absolute atomic E-state index is 2.46. The van der Waals surface area contributed by atoms with Crippen LogP contribution in [0, 0.1) is 0 Å². The van der Waals surface area contributed by atoms with Crippen molar-refractivity contribution in [2.75, 3.05) is 4.90 Å². The molecular weight excluding hydrogens is 755 g/mol. The molecule has 1 aromatic heterocycles. The summed E-state index contributed by atoms with van der Waals surface area (Å²) in [6, 6.07) is 87.2. The van der Waals surface area contributed by atoms with Gasteiger partial charge >= 0.3 is 0 Å². The van der Waals surface area contributed by atoms with Crippen LogP contribution in [0.4, 0.5) is 17.1 Å². The van der Waals surface area contributed by atoms with E-state index in [0.717, 1.165) is 17.1 Å². The number of para-hydroxylation sites is 1. The standard InChI is InChI=1S/C59H39NS/c1-3-19-43(20-4-1)59(44-21-5-2-6-22-44)52-28-12-9-26-51(52)58-48(27-16-29-53(58)59)41-33-36-45(37-34-41)60(55-31-15-18-40-17-7-8-23-46(40)55)54-30-13-10-24-47(54)42-35-38-50-49-25-11-14-32-56(49)61-57(50)39-42/h1-39H. The summed E-state index contributed by atoms with van der Waals surface area (Å²) in [5.74, 6) is 0. The molecule has 11 aromatic rings. The molecule has 1 heterocycles. The number of thiophene rings is 1. The van der Waals surface area contributed by atoms with E-state index in [4.69, 9.17) is 0 Å². The van der Waals surface area contributed by atoms with Crippen LogP contribution in [0.5, 0.6) is 0 Å². The molecular formula is C59H39NS. The maximum atomic E-state index is 2.46. The fourth-order valence-corrected chi connectivity index (χ4v) is 11.3. The second-order valence-corrected chi connectivity index (χ2v) is 17.0. The van der Waals surface area contributed by atoms with Crippen molar-refractivity contribution in [2.45, 2.75) is 5.41 Å². The van der Waals surface area contributed by atoms with Crippen molar-refractivity contribution in [3.05, 3.63) is 259 Å². The molecule has 0 saturated carbocycles. The van der Waals surface area contributed by atoms with E-state index in [2.05, 4.69) is 241 Å². The van der Waals surface area contributed by atoms with Crippen molar-refractivity contribution in [1.29, 1.82) is 0 Å². The van der Waals surface area contributed by atoms with Crippen LogP contribution in [0.1, 0.15) is 22.3 Å². The molecule has 0 aliphatic heterocycles. The Labute approximate surface area is 360 Å². The Hall–Kier alpha value is -7.52. The first kappa shape index (κ1) is 35.4. The Morgan fingerprint density at radius 2 is 0.902 bits per heavy atom. The SMILES string of the molecule is c1ccc(C2(c3ccccc3)c3ccccc3-c3c(-c4ccc(N(c5ccccc5-c5ccc6c(c5)sc5ccccc56)c5cccc6ccccc56)cc4)cccc32)cc1. The van der Waals surface area contributed by atoms with Crippen LogP contribution in [0.25, 0.3) is 64.3 Å². The zero-order valence-corrected chi connectivity index (χ0v) is 34.2. The van der Waals surface area contributed by atoms with Crippen molar-refractivity contribution in [1.82, 2.24) is 0 Å². The number of rotatable bonds is 7. The normalized spacial score (nSPS) is 12.7. The average molecular weight is 794 g/mol. The zero-order chi connectivity index (χ0) is 40.3. The first-order valence-electron chi connectivity index (χ1n) is 21.0. The monoisotopic (exact) mass is 793 g/mol. The summed E-state index contributed by atoms with van der Waals surface area (Å²) in [5.41, 5.74) is 15.5. The minimum atomic E-state index is -0.446. The summed E-state index contributed by atoms with van der Waals surface area (Å²) in [6.45, 7) is 0. The summed E-state index contributed by atoms with van der Waals surface area (Å²) in [5, 5.41) is 5.05. The minimum absolute atomic E-state index is 0.446. The minimum Gasteiger partial charge on any atom is -0.309 e. The van der Waals surface area contributed by atoms with Gasteiger partial charge in [0.25, 0.3) is 0 Å². The lowest BCUT2D eigenvalue weighted by Crippen LogP contribution is -2.28. The van der Waals surface area contributed by atoms with Gasteiger partial charge in [0, 0.05) is 36.8 Å². The van der Waals surface area contributed by atoms with Gasteiger partial charge in [0.2, 0.25) is 0 Å². The van der Waals surface area contributed by atoms with Gasteiger partial charge in [-0.15, -0.1) is 11.3 Å². The maximum Gasteiger partial charge on any atom is 0.0713 e. The van der Waals surface area contributed by atoms with E-state index in [9.17, 15) is 0 Å². The fourth-order valence-electron chi connectivity index (χ4n) is 10.1. The van der Waals surface area contributed by atoms with E-state index in [1.54, 1.807) is 0 Å². The lowest BCUT2D eigenvalue weighted by atomic mass is 9.67. The predicted molar refractivity (Wildman–Crippen MR) is 260 cm³/mol. The molecule has 0 amide bonds. The van der Waals surface area contributed by atoms with E-state index >= 15 is 0 Å². The Morgan fingerprint density at radius 3 is 1.70 bits per heavy atom. The van der Waals surface area contributed by atoms with Crippen molar-refractivity contribution in [2.24, 2.45) is 0 Å². The second-order valence-electron chi connectivity index (χ2n) is 16.0. The molecule has 0 saturated heterocycles. The van der Waals surface area contributed by atoms with Crippen molar-refractivity contribution >= 4 is 59.3 Å². The fraction of sp³-hybridized carbons (Fsp3) is 0.0169. The lowest BCUT2D eigenvalue weighted by Gasteiger charge is -2.34. The van der Waals surface area contributed by atoms with E-state index in [1.807, 2.05) is 11.3 Å². The number of hydrogen-bond acceptors (Lipinski definition) is 2. The molecule has 2 heteroatoms. The highest BCUT2D eigenvalue weighted by atomic mass is 32.1. The predicted octanol–water partition coefficient (Wildman–Crippen LogP) is 16.4. The summed E-state index contributed by atoms with van der Waals surface area (Å²) >= 11 is 1.87. The molecule has 1 aliphatic rings. The highest BCUT2D eigenvalue weighted by Crippen LogP contribution is 2.58. The van der Waals surface area contributed by atoms with Gasteiger partial charge in [-0.1, -0.05) is 200 Å². The molecule has 0 radical (unpaired) electrons. The van der Waals surface area contributed by atoms with Crippen LogP contribution in [0.3, 0.4) is 0 Å². The summed E-state index contributed by atoms with van der Waals surface area (Å²) in [7, 11) is 0. The molecule has 61 heavy (non-hydrogen) atoms. The summed E-state index contributed by atoms with van der Waals surface area (Å²) < 4.78 is 2.62. The highest BCUT2D eigenvalue weighted by molar-refractivity contribution is 7.25. The van der Waals surface area contributed by atoms with Crippen molar-refractivity contribution in [3.63, 3.8) is 0 Å². The molecule has 0 unspecified atom stereocenters. The number of fused-ring (bicyclic) bond motifs is 7. The number of hydrogen-bond donors (Lipinski definition) is 0. The first-order chi connectivity index (χ1) is 30.3. The second kappa shape index (κ2) is 14.3. The smallest absolute Gasteiger partial charge is 0.0713 e. The largest absolute Gasteiger partial charge is 0.309 e. The van der Waals surface area contributed by atoms with Crippen molar-refractivity contribution < 1.29 is 0 Å². The van der Waals surface area contributed by atoms with Crippen LogP contribution in [0.2, 0.25) is 0 Å². The van der Waals surface area contributed by atoms with E-state index < -0.39 is 5.41 Å². The number of benzene rings is 10. The topological polar surface area (TPSA) is 3.24 Å². The summed E-state index contributed by atoms with van der Waals surface area (Å²) in [6.07, 6.45) is 0. The van der Waals surface area contributed by atoms with Gasteiger partial charge in [0.05, 0.1) is 16.8 Å². The molecule has 0 spiro atoms. The molecule has 10 aromatic carbocycles. The van der Waals surface area contributed by atoms with E-state index in [-0.39, 0.29) is 0 Å². The number of nitrogens with zero attached hydrogens (tertiary/aromatic N) is 1. The molecule has 0 bridgehead atoms. The van der Waals surface area contributed by atoms with Gasteiger partial charge in [-0.2, -0.15) is 0 Å². The average Bonchev–Trinajstić information content (AvgIpc) is 3.86. The molecule has 0 fully saturated rings. The van der Waals surface area contributed by atoms with Crippen LogP contribution < -0.4 is 4.90 Å². The first-order valence-corrected chi connectivity index (χ1v) is 21.8. The van der Waals surface area contributed by atoms with E-state index in [1.165, 1.54) is 86.6 Å². The van der Waals surface area contributed by atoms with Crippen LogP contribution in [0.15, 0.2) is 237 Å². The Morgan fingerprint density at radius 1 is 0.344 bits per heavy atom. The summed E-state index contributed by atoms with van der Waals surface area (Å²) in [4.78, 5) is 2.46. The molecule has 1 aliphatic carbocycles. The lowest BCUT2D eigenvalue weighted by molar-refractivity contribution is 0.768. The Kier molecular flexibility index (Phi) is 8.33. The van der Waals surface area contributed by atoms with Gasteiger partial charge in [0.1, 0.15) is 0 Å².